The van der Waals surface area contributed by atoms with Gasteiger partial charge < -0.3 is 19.7 Å². The molecule has 0 radical (unpaired) electrons. The predicted molar refractivity (Wildman–Crippen MR) is 120 cm³/mol. The van der Waals surface area contributed by atoms with Gasteiger partial charge in [-0.2, -0.15) is 0 Å². The summed E-state index contributed by atoms with van der Waals surface area (Å²) >= 11 is 6.21. The molecule has 0 spiro atoms. The first-order chi connectivity index (χ1) is 15.7. The number of nitrogens with one attached hydrogen (secondary N) is 1. The lowest BCUT2D eigenvalue weighted by Gasteiger charge is -2.20. The Labute approximate surface area is 194 Å². The highest BCUT2D eigenvalue weighted by Gasteiger charge is 2.19. The fourth-order valence-electron chi connectivity index (χ4n) is 2.94. The van der Waals surface area contributed by atoms with Crippen molar-refractivity contribution in [3.05, 3.63) is 58.4 Å². The number of halogens is 4. The van der Waals surface area contributed by atoms with Crippen molar-refractivity contribution in [2.75, 3.05) is 32.1 Å². The average molecular weight is 485 g/mol. The molecule has 6 nitrogen and oxygen atoms in total. The predicted octanol–water partition coefficient (Wildman–Crippen LogP) is 5.06. The van der Waals surface area contributed by atoms with Gasteiger partial charge in [-0.1, -0.05) is 18.5 Å². The molecule has 0 aliphatic heterocycles. The molecule has 2 aromatic carbocycles. The molecule has 1 N–H and O–H groups in total. The van der Waals surface area contributed by atoms with Gasteiger partial charge in [0.1, 0.15) is 6.54 Å². The van der Waals surface area contributed by atoms with Crippen LogP contribution in [0, 0.1) is 17.5 Å². The molecule has 0 heterocycles. The van der Waals surface area contributed by atoms with Crippen molar-refractivity contribution >= 4 is 35.2 Å². The highest BCUT2D eigenvalue weighted by molar-refractivity contribution is 6.32. The Balaban J connectivity index is 2.14. The number of rotatable bonds is 10. The van der Waals surface area contributed by atoms with Gasteiger partial charge in [0, 0.05) is 12.6 Å². The Kier molecular flexibility index (Phi) is 9.59. The second-order valence-corrected chi connectivity index (χ2v) is 7.24. The van der Waals surface area contributed by atoms with Crippen LogP contribution in [-0.2, 0) is 9.59 Å². The van der Waals surface area contributed by atoms with E-state index in [-0.39, 0.29) is 6.54 Å². The molecule has 178 valence electrons. The molecule has 0 fully saturated rings. The van der Waals surface area contributed by atoms with Crippen LogP contribution in [0.2, 0.25) is 5.02 Å². The molecule has 0 unspecified atom stereocenters. The summed E-state index contributed by atoms with van der Waals surface area (Å²) in [5, 5.41) is 2.45. The van der Waals surface area contributed by atoms with Gasteiger partial charge >= 0.3 is 0 Å². The maximum absolute atomic E-state index is 13.8. The molecule has 10 heteroatoms. The maximum Gasteiger partial charge on any atom is 0.247 e. The lowest BCUT2D eigenvalue weighted by Crippen LogP contribution is -2.37. The lowest BCUT2D eigenvalue weighted by atomic mass is 10.1. The zero-order chi connectivity index (χ0) is 24.5. The van der Waals surface area contributed by atoms with Gasteiger partial charge in [0.15, 0.2) is 29.0 Å². The highest BCUT2D eigenvalue weighted by Crippen LogP contribution is 2.36. The summed E-state index contributed by atoms with van der Waals surface area (Å²) in [6.07, 6.45) is 3.32. The largest absolute Gasteiger partial charge is 0.491 e. The van der Waals surface area contributed by atoms with Crippen molar-refractivity contribution in [1.29, 1.82) is 0 Å². The normalized spacial score (nSPS) is 10.9. The summed E-state index contributed by atoms with van der Waals surface area (Å²) in [5.74, 6) is -5.04. The number of ether oxygens (including phenoxy) is 2. The molecular weight excluding hydrogens is 461 g/mol. The zero-order valence-corrected chi connectivity index (χ0v) is 19.1. The molecule has 0 bridgehead atoms. The van der Waals surface area contributed by atoms with Crippen molar-refractivity contribution in [2.45, 2.75) is 20.3 Å². The van der Waals surface area contributed by atoms with Crippen LogP contribution in [0.25, 0.3) is 6.08 Å². The third kappa shape index (κ3) is 6.89. The van der Waals surface area contributed by atoms with Gasteiger partial charge in [-0.15, -0.1) is 0 Å². The summed E-state index contributed by atoms with van der Waals surface area (Å²) in [6, 6.07) is 4.85. The van der Waals surface area contributed by atoms with Crippen LogP contribution in [0.4, 0.5) is 18.9 Å². The molecule has 0 saturated heterocycles. The van der Waals surface area contributed by atoms with Crippen LogP contribution in [0.15, 0.2) is 30.3 Å². The first-order valence-electron chi connectivity index (χ1n) is 10.1. The number of methoxy groups -OCH3 is 1. The van der Waals surface area contributed by atoms with Crippen LogP contribution in [-0.4, -0.2) is 43.5 Å². The molecular formula is C23H24ClF3N2O4. The Bertz CT molecular complexity index is 1050. The monoisotopic (exact) mass is 484 g/mol. The SMILES string of the molecule is CCCN(CC(=O)Nc1ccc(F)c(F)c1F)C(=O)/C=C/c1cc(Cl)c(OC)c(OCC)c1. The first kappa shape index (κ1) is 26.1. The number of hydrogen-bond donors (Lipinski definition) is 1. The van der Waals surface area contributed by atoms with Gasteiger partial charge in [-0.3, -0.25) is 9.59 Å². The molecule has 0 saturated carbocycles. The minimum absolute atomic E-state index is 0.240. The van der Waals surface area contributed by atoms with Crippen molar-refractivity contribution in [2.24, 2.45) is 0 Å². The molecule has 0 aliphatic carbocycles. The molecule has 0 atom stereocenters. The second-order valence-electron chi connectivity index (χ2n) is 6.83. The van der Waals surface area contributed by atoms with E-state index in [4.69, 9.17) is 21.1 Å². The van der Waals surface area contributed by atoms with E-state index in [0.29, 0.717) is 41.2 Å². The minimum Gasteiger partial charge on any atom is -0.491 e. The highest BCUT2D eigenvalue weighted by atomic mass is 35.5. The van der Waals surface area contributed by atoms with Crippen molar-refractivity contribution in [3.8, 4) is 11.5 Å². The summed E-state index contributed by atoms with van der Waals surface area (Å²) < 4.78 is 51.0. The van der Waals surface area contributed by atoms with E-state index < -0.39 is 41.5 Å². The number of benzene rings is 2. The van der Waals surface area contributed by atoms with E-state index >= 15 is 0 Å². The molecule has 2 aromatic rings. The van der Waals surface area contributed by atoms with Crippen molar-refractivity contribution in [1.82, 2.24) is 4.90 Å². The van der Waals surface area contributed by atoms with Gasteiger partial charge in [0.25, 0.3) is 0 Å². The van der Waals surface area contributed by atoms with E-state index in [2.05, 4.69) is 5.32 Å². The maximum atomic E-state index is 13.8. The average Bonchev–Trinajstić information content (AvgIpc) is 2.77. The van der Waals surface area contributed by atoms with Gasteiger partial charge in [0.05, 0.1) is 24.4 Å². The number of carbonyl (C=O) groups is 2. The molecule has 0 aromatic heterocycles. The summed E-state index contributed by atoms with van der Waals surface area (Å²) in [6.45, 7) is 3.83. The Morgan fingerprint density at radius 2 is 1.88 bits per heavy atom. The third-order valence-corrected chi connectivity index (χ3v) is 4.68. The van der Waals surface area contributed by atoms with E-state index in [1.165, 1.54) is 24.2 Å². The fourth-order valence-corrected chi connectivity index (χ4v) is 3.24. The van der Waals surface area contributed by atoms with E-state index in [9.17, 15) is 22.8 Å². The fraction of sp³-hybridized carbons (Fsp3) is 0.304. The summed E-state index contributed by atoms with van der Waals surface area (Å²) in [4.78, 5) is 26.2. The van der Waals surface area contributed by atoms with E-state index in [1.807, 2.05) is 6.92 Å². The van der Waals surface area contributed by atoms with Crippen LogP contribution < -0.4 is 14.8 Å². The third-order valence-electron chi connectivity index (χ3n) is 4.40. The molecule has 2 rings (SSSR count). The van der Waals surface area contributed by atoms with Gasteiger partial charge in [0.2, 0.25) is 11.8 Å². The van der Waals surface area contributed by atoms with Crippen LogP contribution >= 0.6 is 11.6 Å². The van der Waals surface area contributed by atoms with Crippen LogP contribution in [0.3, 0.4) is 0 Å². The Hall–Kier alpha value is -3.20. The smallest absolute Gasteiger partial charge is 0.247 e. The lowest BCUT2D eigenvalue weighted by molar-refractivity contribution is -0.130. The van der Waals surface area contributed by atoms with Gasteiger partial charge in [-0.05, 0) is 49.2 Å². The number of amides is 2. The molecule has 0 aliphatic rings. The van der Waals surface area contributed by atoms with E-state index in [1.54, 1.807) is 19.1 Å². The Morgan fingerprint density at radius 3 is 2.52 bits per heavy atom. The molecule has 2 amide bonds. The number of hydrogen-bond acceptors (Lipinski definition) is 4. The van der Waals surface area contributed by atoms with Gasteiger partial charge in [-0.25, -0.2) is 13.2 Å². The van der Waals surface area contributed by atoms with Crippen molar-refractivity contribution in [3.63, 3.8) is 0 Å². The Morgan fingerprint density at radius 1 is 1.15 bits per heavy atom. The van der Waals surface area contributed by atoms with Crippen LogP contribution in [0.1, 0.15) is 25.8 Å². The topological polar surface area (TPSA) is 67.9 Å². The van der Waals surface area contributed by atoms with Crippen LogP contribution in [0.5, 0.6) is 11.5 Å². The van der Waals surface area contributed by atoms with E-state index in [0.717, 1.165) is 6.07 Å². The molecule has 33 heavy (non-hydrogen) atoms. The second kappa shape index (κ2) is 12.2. The number of carbonyl (C=O) groups excluding carboxylic acids is 2. The van der Waals surface area contributed by atoms with Crippen molar-refractivity contribution < 1.29 is 32.2 Å². The number of anilines is 1. The minimum atomic E-state index is -1.69. The standard InChI is InChI=1S/C23H24ClF3N2O4/c1-4-10-29(13-19(30)28-17-8-7-16(25)21(26)22(17)27)20(31)9-6-14-11-15(24)23(32-3)18(12-14)33-5-2/h6-9,11-12H,4-5,10,13H2,1-3H3,(H,28,30)/b9-6+. The quantitative estimate of drug-likeness (QED) is 0.378. The number of nitrogens with zero attached hydrogens (tertiary/aromatic N) is 1. The summed E-state index contributed by atoms with van der Waals surface area (Å²) in [7, 11) is 1.46. The first-order valence-corrected chi connectivity index (χ1v) is 10.5. The zero-order valence-electron chi connectivity index (χ0n) is 18.4. The summed E-state index contributed by atoms with van der Waals surface area (Å²) in [5.41, 5.74) is 0.0528.